The third-order valence-corrected chi connectivity index (χ3v) is 5.59. The highest BCUT2D eigenvalue weighted by Gasteiger charge is 2.21. The first-order valence-corrected chi connectivity index (χ1v) is 10.2. The van der Waals surface area contributed by atoms with Crippen LogP contribution >= 0.6 is 0 Å². The molecule has 0 N–H and O–H groups in total. The van der Waals surface area contributed by atoms with E-state index in [4.69, 9.17) is 0 Å². The Kier molecular flexibility index (Phi) is 6.44. The maximum absolute atomic E-state index is 12.1. The molecule has 1 unspecified atom stereocenters. The third kappa shape index (κ3) is 4.52. The van der Waals surface area contributed by atoms with Gasteiger partial charge in [-0.2, -0.15) is 0 Å². The van der Waals surface area contributed by atoms with E-state index in [0.717, 1.165) is 19.3 Å². The van der Waals surface area contributed by atoms with Gasteiger partial charge in [-0.05, 0) is 66.0 Å². The van der Waals surface area contributed by atoms with Crippen LogP contribution in [0.1, 0.15) is 63.5 Å². The molecule has 0 saturated heterocycles. The summed E-state index contributed by atoms with van der Waals surface area (Å²) in [6.07, 6.45) is 9.85. The lowest BCUT2D eigenvalue weighted by molar-refractivity contribution is -0.118. The summed E-state index contributed by atoms with van der Waals surface area (Å²) in [4.78, 5) is 12.1. The normalized spacial score (nSPS) is 17.2. The maximum Gasteiger partial charge on any atom is 0.159 e. The van der Waals surface area contributed by atoms with E-state index in [9.17, 15) is 4.79 Å². The number of benzene rings is 2. The van der Waals surface area contributed by atoms with Crippen molar-refractivity contribution in [2.24, 2.45) is 5.92 Å². The quantitative estimate of drug-likeness (QED) is 0.500. The number of rotatable bonds is 7. The SMILES string of the molecule is CCCCCc1ccc(-c2ccc(C3=CC(=O)C(CC)CC3)cc2)cc1. The van der Waals surface area contributed by atoms with E-state index >= 15 is 0 Å². The molecule has 1 nitrogen and oxygen atoms in total. The first-order valence-electron chi connectivity index (χ1n) is 10.2. The molecule has 26 heavy (non-hydrogen) atoms. The van der Waals surface area contributed by atoms with Crippen molar-refractivity contribution in [2.75, 3.05) is 0 Å². The number of ketones is 1. The molecule has 0 aromatic heterocycles. The van der Waals surface area contributed by atoms with Crippen molar-refractivity contribution in [3.8, 4) is 11.1 Å². The Balaban J connectivity index is 1.69. The molecular weight excluding hydrogens is 316 g/mol. The van der Waals surface area contributed by atoms with E-state index in [1.807, 2.05) is 6.08 Å². The Labute approximate surface area is 158 Å². The van der Waals surface area contributed by atoms with Crippen molar-refractivity contribution in [2.45, 2.75) is 58.8 Å². The van der Waals surface area contributed by atoms with Crippen LogP contribution in [0.3, 0.4) is 0 Å². The van der Waals surface area contributed by atoms with Gasteiger partial charge in [-0.15, -0.1) is 0 Å². The fourth-order valence-electron chi connectivity index (χ4n) is 3.79. The maximum atomic E-state index is 12.1. The summed E-state index contributed by atoms with van der Waals surface area (Å²) in [6.45, 7) is 4.35. The molecule has 0 spiro atoms. The van der Waals surface area contributed by atoms with Gasteiger partial charge in [-0.25, -0.2) is 0 Å². The molecule has 0 fully saturated rings. The molecule has 1 heteroatoms. The minimum atomic E-state index is 0.230. The van der Waals surface area contributed by atoms with Crippen molar-refractivity contribution >= 4 is 11.4 Å². The van der Waals surface area contributed by atoms with E-state index in [0.29, 0.717) is 5.78 Å². The molecule has 1 aliphatic carbocycles. The van der Waals surface area contributed by atoms with Gasteiger partial charge < -0.3 is 0 Å². The summed E-state index contributed by atoms with van der Waals surface area (Å²) in [6, 6.07) is 17.7. The average molecular weight is 347 g/mol. The Morgan fingerprint density at radius 2 is 1.46 bits per heavy atom. The lowest BCUT2D eigenvalue weighted by Crippen LogP contribution is -2.16. The second kappa shape index (κ2) is 8.98. The highest BCUT2D eigenvalue weighted by Crippen LogP contribution is 2.31. The molecule has 0 radical (unpaired) electrons. The van der Waals surface area contributed by atoms with Crippen molar-refractivity contribution in [3.63, 3.8) is 0 Å². The predicted octanol–water partition coefficient (Wildman–Crippen LogP) is 6.86. The minimum Gasteiger partial charge on any atom is -0.295 e. The van der Waals surface area contributed by atoms with E-state index in [-0.39, 0.29) is 5.92 Å². The topological polar surface area (TPSA) is 17.1 Å². The number of carbonyl (C=O) groups excluding carboxylic acids is 1. The minimum absolute atomic E-state index is 0.230. The molecule has 0 amide bonds. The van der Waals surface area contributed by atoms with E-state index in [2.05, 4.69) is 62.4 Å². The highest BCUT2D eigenvalue weighted by atomic mass is 16.1. The number of hydrogen-bond donors (Lipinski definition) is 0. The summed E-state index contributed by atoms with van der Waals surface area (Å²) >= 11 is 0. The molecule has 2 aromatic carbocycles. The molecule has 1 aliphatic rings. The van der Waals surface area contributed by atoms with Crippen LogP contribution in [0.25, 0.3) is 16.7 Å². The summed E-state index contributed by atoms with van der Waals surface area (Å²) in [5.41, 5.74) is 6.30. The van der Waals surface area contributed by atoms with Gasteiger partial charge in [-0.1, -0.05) is 75.2 Å². The van der Waals surface area contributed by atoms with Gasteiger partial charge in [0, 0.05) is 5.92 Å². The Morgan fingerprint density at radius 3 is 2.04 bits per heavy atom. The highest BCUT2D eigenvalue weighted by molar-refractivity contribution is 6.00. The standard InChI is InChI=1S/C25H30O/c1-3-5-6-7-19-8-10-21(11-9-19)22-13-15-23(16-14-22)24-17-12-20(4-2)25(26)18-24/h8-11,13-16,18,20H,3-7,12,17H2,1-2H3. The number of hydrogen-bond acceptors (Lipinski definition) is 1. The van der Waals surface area contributed by atoms with E-state index in [1.165, 1.54) is 53.5 Å². The lowest BCUT2D eigenvalue weighted by Gasteiger charge is -2.19. The first-order chi connectivity index (χ1) is 12.7. The lowest BCUT2D eigenvalue weighted by atomic mass is 9.84. The molecule has 136 valence electrons. The molecule has 3 rings (SSSR count). The second-order valence-corrected chi connectivity index (χ2v) is 7.45. The van der Waals surface area contributed by atoms with Crippen LogP contribution < -0.4 is 0 Å². The van der Waals surface area contributed by atoms with Crippen LogP contribution in [0.5, 0.6) is 0 Å². The van der Waals surface area contributed by atoms with Crippen molar-refractivity contribution in [1.82, 2.24) is 0 Å². The van der Waals surface area contributed by atoms with Gasteiger partial charge in [0.05, 0.1) is 0 Å². The van der Waals surface area contributed by atoms with Crippen LogP contribution in [0.4, 0.5) is 0 Å². The fraction of sp³-hybridized carbons (Fsp3) is 0.400. The zero-order valence-electron chi connectivity index (χ0n) is 16.1. The van der Waals surface area contributed by atoms with Gasteiger partial charge in [-0.3, -0.25) is 4.79 Å². The Hall–Kier alpha value is -2.15. The Morgan fingerprint density at radius 1 is 0.846 bits per heavy atom. The number of unbranched alkanes of at least 4 members (excludes halogenated alkanes) is 2. The largest absolute Gasteiger partial charge is 0.295 e. The van der Waals surface area contributed by atoms with Crippen molar-refractivity contribution in [3.05, 3.63) is 65.7 Å². The number of aryl methyl sites for hydroxylation is 1. The fourth-order valence-corrected chi connectivity index (χ4v) is 3.79. The molecular formula is C25H30O. The van der Waals surface area contributed by atoms with Gasteiger partial charge in [0.2, 0.25) is 0 Å². The number of allylic oxidation sites excluding steroid dienone is 2. The van der Waals surface area contributed by atoms with Gasteiger partial charge in [0.25, 0.3) is 0 Å². The number of carbonyl (C=O) groups is 1. The van der Waals surface area contributed by atoms with Crippen LogP contribution in [0.15, 0.2) is 54.6 Å². The molecule has 2 aromatic rings. The second-order valence-electron chi connectivity index (χ2n) is 7.45. The zero-order chi connectivity index (χ0) is 18.4. The van der Waals surface area contributed by atoms with Crippen molar-refractivity contribution < 1.29 is 4.79 Å². The zero-order valence-corrected chi connectivity index (χ0v) is 16.1. The van der Waals surface area contributed by atoms with Crippen LogP contribution in [-0.2, 0) is 11.2 Å². The monoisotopic (exact) mass is 346 g/mol. The van der Waals surface area contributed by atoms with Crippen molar-refractivity contribution in [1.29, 1.82) is 0 Å². The van der Waals surface area contributed by atoms with Crippen LogP contribution in [0, 0.1) is 5.92 Å². The van der Waals surface area contributed by atoms with E-state index < -0.39 is 0 Å². The Bertz CT molecular complexity index is 750. The van der Waals surface area contributed by atoms with Crippen LogP contribution in [0.2, 0.25) is 0 Å². The van der Waals surface area contributed by atoms with Gasteiger partial charge in [0.1, 0.15) is 0 Å². The van der Waals surface area contributed by atoms with Gasteiger partial charge >= 0.3 is 0 Å². The average Bonchev–Trinajstić information content (AvgIpc) is 2.69. The first kappa shape index (κ1) is 18.6. The molecule has 1 atom stereocenters. The van der Waals surface area contributed by atoms with Crippen LogP contribution in [-0.4, -0.2) is 5.78 Å². The molecule has 0 heterocycles. The van der Waals surface area contributed by atoms with E-state index in [1.54, 1.807) is 0 Å². The van der Waals surface area contributed by atoms with Gasteiger partial charge in [0.15, 0.2) is 5.78 Å². The third-order valence-electron chi connectivity index (χ3n) is 5.59. The summed E-state index contributed by atoms with van der Waals surface area (Å²) in [5.74, 6) is 0.533. The molecule has 0 bridgehead atoms. The summed E-state index contributed by atoms with van der Waals surface area (Å²) in [5, 5.41) is 0. The molecule has 0 saturated carbocycles. The predicted molar refractivity (Wildman–Crippen MR) is 111 cm³/mol. The smallest absolute Gasteiger partial charge is 0.159 e. The molecule has 0 aliphatic heterocycles. The summed E-state index contributed by atoms with van der Waals surface area (Å²) in [7, 11) is 0. The summed E-state index contributed by atoms with van der Waals surface area (Å²) < 4.78 is 0.